The van der Waals surface area contributed by atoms with Crippen LogP contribution in [0.15, 0.2) is 24.3 Å². The average molecular weight is 359 g/mol. The van der Waals surface area contributed by atoms with E-state index in [4.69, 9.17) is 23.7 Å². The van der Waals surface area contributed by atoms with Crippen molar-refractivity contribution in [3.63, 3.8) is 0 Å². The number of hydrogen-bond donors (Lipinski definition) is 0. The van der Waals surface area contributed by atoms with Crippen molar-refractivity contribution < 1.29 is 23.7 Å². The van der Waals surface area contributed by atoms with Crippen molar-refractivity contribution in [1.82, 2.24) is 4.90 Å². The van der Waals surface area contributed by atoms with Crippen molar-refractivity contribution in [1.29, 1.82) is 0 Å². The Morgan fingerprint density at radius 1 is 1.27 bits per heavy atom. The zero-order chi connectivity index (χ0) is 17.9. The first-order valence-electron chi connectivity index (χ1n) is 9.30. The summed E-state index contributed by atoms with van der Waals surface area (Å²) in [4.78, 5) is 2.39. The number of likely N-dealkylation sites (tertiary alicyclic amines) is 1. The lowest BCUT2D eigenvalue weighted by atomic mass is 9.65. The minimum absolute atomic E-state index is 0.0379. The molecule has 1 saturated heterocycles. The SMILES string of the molecule is CCO[C@H]1O[C@H]2CN(C)[C@H]3C[C@@H](OC)C=C[C@@]23c2cc3c(cc21)OCO3. The van der Waals surface area contributed by atoms with Gasteiger partial charge < -0.3 is 23.7 Å². The number of methoxy groups -OCH3 is 1. The highest BCUT2D eigenvalue weighted by Crippen LogP contribution is 2.55. The van der Waals surface area contributed by atoms with Crippen LogP contribution in [0, 0.1) is 0 Å². The van der Waals surface area contributed by atoms with Gasteiger partial charge in [-0.2, -0.15) is 0 Å². The van der Waals surface area contributed by atoms with Crippen LogP contribution in [-0.4, -0.2) is 57.3 Å². The van der Waals surface area contributed by atoms with Crippen molar-refractivity contribution in [3.05, 3.63) is 35.4 Å². The van der Waals surface area contributed by atoms with E-state index in [1.54, 1.807) is 7.11 Å². The summed E-state index contributed by atoms with van der Waals surface area (Å²) in [6, 6.07) is 4.49. The first-order chi connectivity index (χ1) is 12.7. The summed E-state index contributed by atoms with van der Waals surface area (Å²) >= 11 is 0. The summed E-state index contributed by atoms with van der Waals surface area (Å²) in [7, 11) is 3.94. The van der Waals surface area contributed by atoms with E-state index in [0.717, 1.165) is 30.0 Å². The topological polar surface area (TPSA) is 49.4 Å². The fourth-order valence-electron chi connectivity index (χ4n) is 5.08. The van der Waals surface area contributed by atoms with Crippen LogP contribution in [0.5, 0.6) is 11.5 Å². The molecular weight excluding hydrogens is 334 g/mol. The highest BCUT2D eigenvalue weighted by molar-refractivity contribution is 5.56. The van der Waals surface area contributed by atoms with Gasteiger partial charge in [-0.15, -0.1) is 0 Å². The maximum atomic E-state index is 6.48. The number of hydrogen-bond acceptors (Lipinski definition) is 6. The van der Waals surface area contributed by atoms with Crippen LogP contribution in [0.25, 0.3) is 0 Å². The molecule has 0 bridgehead atoms. The molecule has 3 aliphatic heterocycles. The Labute approximate surface area is 153 Å². The van der Waals surface area contributed by atoms with E-state index in [1.165, 1.54) is 5.56 Å². The molecule has 5 rings (SSSR count). The molecule has 140 valence electrons. The normalized spacial score (nSPS) is 37.3. The highest BCUT2D eigenvalue weighted by Gasteiger charge is 2.59. The molecule has 0 aromatic heterocycles. The Morgan fingerprint density at radius 2 is 2.08 bits per heavy atom. The van der Waals surface area contributed by atoms with Gasteiger partial charge in [0.1, 0.15) is 0 Å². The van der Waals surface area contributed by atoms with E-state index in [0.29, 0.717) is 12.6 Å². The Kier molecular flexibility index (Phi) is 3.79. The molecule has 0 unspecified atom stereocenters. The fourth-order valence-corrected chi connectivity index (χ4v) is 5.08. The summed E-state index contributed by atoms with van der Waals surface area (Å²) in [5.74, 6) is 1.58. The van der Waals surface area contributed by atoms with Gasteiger partial charge in [0.2, 0.25) is 6.79 Å². The Hall–Kier alpha value is -1.60. The summed E-state index contributed by atoms with van der Waals surface area (Å²) in [6.07, 6.45) is 5.22. The number of nitrogens with zero attached hydrogens (tertiary/aromatic N) is 1. The molecule has 1 fully saturated rings. The van der Waals surface area contributed by atoms with Gasteiger partial charge in [0, 0.05) is 31.9 Å². The van der Waals surface area contributed by atoms with Gasteiger partial charge in [-0.25, -0.2) is 0 Å². The van der Waals surface area contributed by atoms with Crippen LogP contribution in [-0.2, 0) is 19.6 Å². The van der Waals surface area contributed by atoms with Gasteiger partial charge in [0.15, 0.2) is 17.8 Å². The molecule has 0 saturated carbocycles. The quantitative estimate of drug-likeness (QED) is 0.773. The van der Waals surface area contributed by atoms with Crippen LogP contribution < -0.4 is 9.47 Å². The third-order valence-corrected chi connectivity index (χ3v) is 6.29. The third-order valence-electron chi connectivity index (χ3n) is 6.29. The summed E-state index contributed by atoms with van der Waals surface area (Å²) in [6.45, 7) is 3.72. The average Bonchev–Trinajstić information content (AvgIpc) is 3.22. The number of fused-ring (bicyclic) bond motifs is 2. The summed E-state index contributed by atoms with van der Waals surface area (Å²) in [5, 5.41) is 0. The summed E-state index contributed by atoms with van der Waals surface area (Å²) in [5.41, 5.74) is 2.07. The lowest BCUT2D eigenvalue weighted by Gasteiger charge is -2.47. The molecule has 6 heteroatoms. The molecule has 1 aromatic rings. The number of likely N-dealkylation sites (N-methyl/N-ethyl adjacent to an activating group) is 1. The van der Waals surface area contributed by atoms with Gasteiger partial charge in [-0.05, 0) is 38.1 Å². The molecule has 1 aromatic carbocycles. The first kappa shape index (κ1) is 16.6. The molecule has 0 amide bonds. The standard InChI is InChI=1S/C20H25NO5/c1-4-23-19-13-8-15-16(25-11-24-15)9-14(13)20-6-5-12(22-3)7-17(20)21(2)10-18(20)26-19/h5-6,8-9,12,17-19H,4,7,10-11H2,1-3H3/t12-,17-,18-,19-,20-/m0/s1. The Balaban J connectivity index is 1.70. The Bertz CT molecular complexity index is 750. The lowest BCUT2D eigenvalue weighted by molar-refractivity contribution is -0.189. The molecule has 4 aliphatic rings. The molecule has 5 atom stereocenters. The van der Waals surface area contributed by atoms with Crippen LogP contribution in [0.3, 0.4) is 0 Å². The van der Waals surface area contributed by atoms with Gasteiger partial charge in [-0.3, -0.25) is 4.90 Å². The molecule has 26 heavy (non-hydrogen) atoms. The van der Waals surface area contributed by atoms with Crippen LogP contribution >= 0.6 is 0 Å². The minimum atomic E-state index is -0.374. The smallest absolute Gasteiger partial charge is 0.231 e. The van der Waals surface area contributed by atoms with Crippen molar-refractivity contribution >= 4 is 0 Å². The first-order valence-corrected chi connectivity index (χ1v) is 9.30. The second-order valence-corrected chi connectivity index (χ2v) is 7.46. The zero-order valence-electron chi connectivity index (χ0n) is 15.4. The number of rotatable bonds is 3. The van der Waals surface area contributed by atoms with E-state index in [9.17, 15) is 0 Å². The maximum Gasteiger partial charge on any atom is 0.231 e. The number of benzene rings is 1. The molecule has 6 nitrogen and oxygen atoms in total. The highest BCUT2D eigenvalue weighted by atomic mass is 16.7. The van der Waals surface area contributed by atoms with Crippen molar-refractivity contribution in [3.8, 4) is 11.5 Å². The van der Waals surface area contributed by atoms with E-state index in [2.05, 4.69) is 30.2 Å². The van der Waals surface area contributed by atoms with Crippen LogP contribution in [0.1, 0.15) is 30.8 Å². The molecule has 1 aliphatic carbocycles. The largest absolute Gasteiger partial charge is 0.454 e. The molecule has 1 spiro atoms. The van der Waals surface area contributed by atoms with Crippen LogP contribution in [0.4, 0.5) is 0 Å². The number of ether oxygens (including phenoxy) is 5. The van der Waals surface area contributed by atoms with E-state index in [-0.39, 0.29) is 30.7 Å². The second kappa shape index (κ2) is 5.96. The predicted molar refractivity (Wildman–Crippen MR) is 94.5 cm³/mol. The summed E-state index contributed by atoms with van der Waals surface area (Å²) < 4.78 is 29.3. The second-order valence-electron chi connectivity index (χ2n) is 7.46. The maximum absolute atomic E-state index is 6.48. The molecule has 0 radical (unpaired) electrons. The van der Waals surface area contributed by atoms with Gasteiger partial charge in [0.05, 0.1) is 17.6 Å². The fraction of sp³-hybridized carbons (Fsp3) is 0.600. The molecule has 0 N–H and O–H groups in total. The van der Waals surface area contributed by atoms with Crippen molar-refractivity contribution in [2.24, 2.45) is 0 Å². The third kappa shape index (κ3) is 2.13. The van der Waals surface area contributed by atoms with Crippen molar-refractivity contribution in [2.45, 2.75) is 43.3 Å². The van der Waals surface area contributed by atoms with E-state index < -0.39 is 0 Å². The minimum Gasteiger partial charge on any atom is -0.454 e. The van der Waals surface area contributed by atoms with Gasteiger partial charge in [0.25, 0.3) is 0 Å². The van der Waals surface area contributed by atoms with Crippen LogP contribution in [0.2, 0.25) is 0 Å². The molecule has 3 heterocycles. The van der Waals surface area contributed by atoms with E-state index in [1.807, 2.05) is 13.0 Å². The monoisotopic (exact) mass is 359 g/mol. The Morgan fingerprint density at radius 3 is 2.85 bits per heavy atom. The van der Waals surface area contributed by atoms with Crippen molar-refractivity contribution in [2.75, 3.05) is 34.1 Å². The molecular formula is C20H25NO5. The van der Waals surface area contributed by atoms with Gasteiger partial charge in [-0.1, -0.05) is 12.2 Å². The predicted octanol–water partition coefficient (Wildman–Crippen LogP) is 2.38. The zero-order valence-corrected chi connectivity index (χ0v) is 15.4. The lowest BCUT2D eigenvalue weighted by Crippen LogP contribution is -2.52. The van der Waals surface area contributed by atoms with E-state index >= 15 is 0 Å². The van der Waals surface area contributed by atoms with Gasteiger partial charge >= 0.3 is 0 Å².